The Morgan fingerprint density at radius 3 is 2.65 bits per heavy atom. The first-order valence-electron chi connectivity index (χ1n) is 7.11. The van der Waals surface area contributed by atoms with E-state index in [9.17, 15) is 0 Å². The molecule has 1 aliphatic rings. The normalized spacial score (nSPS) is 22.6. The summed E-state index contributed by atoms with van der Waals surface area (Å²) in [6.07, 6.45) is 3.80. The molecule has 0 saturated carbocycles. The molecule has 0 aromatic heterocycles. The number of nitrogens with one attached hydrogen (secondary N) is 1. The molecule has 0 aromatic rings. The average Bonchev–Trinajstić information content (AvgIpc) is 2.79. The summed E-state index contributed by atoms with van der Waals surface area (Å²) in [6, 6.07) is 1.29. The number of rotatable bonds is 8. The van der Waals surface area contributed by atoms with Gasteiger partial charge in [-0.15, -0.1) is 0 Å². The summed E-state index contributed by atoms with van der Waals surface area (Å²) in [6.45, 7) is 10.9. The lowest BCUT2D eigenvalue weighted by atomic mass is 10.0. The van der Waals surface area contributed by atoms with Crippen LogP contribution in [-0.4, -0.2) is 50.3 Å². The molecule has 17 heavy (non-hydrogen) atoms. The molecule has 3 heteroatoms. The van der Waals surface area contributed by atoms with Gasteiger partial charge in [-0.05, 0) is 39.2 Å². The van der Waals surface area contributed by atoms with Crippen LogP contribution in [0.25, 0.3) is 0 Å². The van der Waals surface area contributed by atoms with Crippen LogP contribution in [0.1, 0.15) is 40.0 Å². The third kappa shape index (κ3) is 6.39. The van der Waals surface area contributed by atoms with E-state index in [1.165, 1.54) is 19.3 Å². The lowest BCUT2D eigenvalue weighted by Gasteiger charge is -2.24. The molecule has 1 aliphatic heterocycles. The highest BCUT2D eigenvalue weighted by Gasteiger charge is 2.19. The van der Waals surface area contributed by atoms with Crippen LogP contribution in [0, 0.1) is 5.92 Å². The molecule has 1 fully saturated rings. The summed E-state index contributed by atoms with van der Waals surface area (Å²) in [5.74, 6) is 0.817. The highest BCUT2D eigenvalue weighted by atomic mass is 16.5. The Morgan fingerprint density at radius 2 is 2.06 bits per heavy atom. The predicted molar refractivity (Wildman–Crippen MR) is 73.4 cm³/mol. The van der Waals surface area contributed by atoms with Gasteiger partial charge in [-0.3, -0.25) is 4.90 Å². The van der Waals surface area contributed by atoms with Crippen LogP contribution in [0.5, 0.6) is 0 Å². The van der Waals surface area contributed by atoms with Crippen LogP contribution in [0.2, 0.25) is 0 Å². The summed E-state index contributed by atoms with van der Waals surface area (Å²) in [4.78, 5) is 2.43. The molecule has 2 unspecified atom stereocenters. The van der Waals surface area contributed by atoms with Gasteiger partial charge in [0.1, 0.15) is 0 Å². The molecule has 0 bridgehead atoms. The second-order valence-electron chi connectivity index (χ2n) is 5.82. The van der Waals surface area contributed by atoms with Crippen molar-refractivity contribution in [2.75, 3.05) is 33.4 Å². The Balaban J connectivity index is 2.02. The van der Waals surface area contributed by atoms with E-state index >= 15 is 0 Å². The Kier molecular flexibility index (Phi) is 7.09. The number of likely N-dealkylation sites (N-methyl/N-ethyl adjacent to an activating group) is 1. The topological polar surface area (TPSA) is 24.5 Å². The first-order valence-corrected chi connectivity index (χ1v) is 7.11. The average molecular weight is 242 g/mol. The molecule has 0 aliphatic carbocycles. The van der Waals surface area contributed by atoms with Gasteiger partial charge in [0.05, 0.1) is 6.61 Å². The number of ether oxygens (including phenoxy) is 1. The predicted octanol–water partition coefficient (Wildman–Crippen LogP) is 2.12. The van der Waals surface area contributed by atoms with Crippen LogP contribution < -0.4 is 5.32 Å². The highest BCUT2D eigenvalue weighted by molar-refractivity contribution is 4.74. The van der Waals surface area contributed by atoms with Gasteiger partial charge in [-0.1, -0.05) is 13.8 Å². The number of hydrogen-bond acceptors (Lipinski definition) is 3. The number of nitrogens with zero attached hydrogens (tertiary/aromatic N) is 1. The highest BCUT2D eigenvalue weighted by Crippen LogP contribution is 2.10. The van der Waals surface area contributed by atoms with Crippen molar-refractivity contribution in [1.82, 2.24) is 10.2 Å². The third-order valence-corrected chi connectivity index (χ3v) is 3.66. The maximum atomic E-state index is 5.41. The minimum Gasteiger partial charge on any atom is -0.380 e. The van der Waals surface area contributed by atoms with Crippen molar-refractivity contribution < 1.29 is 4.74 Å². The van der Waals surface area contributed by atoms with E-state index in [2.05, 4.69) is 38.0 Å². The van der Waals surface area contributed by atoms with Crippen molar-refractivity contribution in [2.45, 2.75) is 52.1 Å². The Morgan fingerprint density at radius 1 is 1.29 bits per heavy atom. The quantitative estimate of drug-likeness (QED) is 0.705. The summed E-state index contributed by atoms with van der Waals surface area (Å²) < 4.78 is 5.41. The van der Waals surface area contributed by atoms with Gasteiger partial charge in [0.15, 0.2) is 0 Å². The van der Waals surface area contributed by atoms with Gasteiger partial charge in [-0.2, -0.15) is 0 Å². The van der Waals surface area contributed by atoms with Gasteiger partial charge >= 0.3 is 0 Å². The lowest BCUT2D eigenvalue weighted by Crippen LogP contribution is -2.39. The Labute approximate surface area is 107 Å². The zero-order valence-corrected chi connectivity index (χ0v) is 12.0. The summed E-state index contributed by atoms with van der Waals surface area (Å²) in [5.41, 5.74) is 0. The fraction of sp³-hybridized carbons (Fsp3) is 1.00. The van der Waals surface area contributed by atoms with Gasteiger partial charge in [0.25, 0.3) is 0 Å². The van der Waals surface area contributed by atoms with E-state index in [-0.39, 0.29) is 0 Å². The fourth-order valence-electron chi connectivity index (χ4n) is 2.22. The Hall–Kier alpha value is -0.120. The summed E-state index contributed by atoms with van der Waals surface area (Å²) >= 11 is 0. The molecule has 2 atom stereocenters. The van der Waals surface area contributed by atoms with Crippen molar-refractivity contribution in [3.05, 3.63) is 0 Å². The zero-order chi connectivity index (χ0) is 12.7. The third-order valence-electron chi connectivity index (χ3n) is 3.66. The molecule has 0 amide bonds. The van der Waals surface area contributed by atoms with Crippen LogP contribution >= 0.6 is 0 Å². The van der Waals surface area contributed by atoms with Crippen LogP contribution in [0.15, 0.2) is 0 Å². The molecule has 0 radical (unpaired) electrons. The van der Waals surface area contributed by atoms with Crippen LogP contribution in [0.4, 0.5) is 0 Å². The molecule has 1 N–H and O–H groups in total. The summed E-state index contributed by atoms with van der Waals surface area (Å²) in [5, 5.41) is 3.61. The SMILES string of the molecule is CC(C)CCC(C)NCCN(C)C1CCOC1. The summed E-state index contributed by atoms with van der Waals surface area (Å²) in [7, 11) is 2.21. The molecule has 1 rings (SSSR count). The van der Waals surface area contributed by atoms with Crippen molar-refractivity contribution in [3.8, 4) is 0 Å². The van der Waals surface area contributed by atoms with Crippen LogP contribution in [0.3, 0.4) is 0 Å². The molecule has 1 saturated heterocycles. The molecule has 3 nitrogen and oxygen atoms in total. The number of hydrogen-bond donors (Lipinski definition) is 1. The van der Waals surface area contributed by atoms with Gasteiger partial charge < -0.3 is 10.1 Å². The van der Waals surface area contributed by atoms with E-state index in [1.807, 2.05) is 0 Å². The van der Waals surface area contributed by atoms with E-state index < -0.39 is 0 Å². The van der Waals surface area contributed by atoms with Gasteiger partial charge in [0, 0.05) is 31.8 Å². The smallest absolute Gasteiger partial charge is 0.0622 e. The maximum absolute atomic E-state index is 5.41. The van der Waals surface area contributed by atoms with Gasteiger partial charge in [-0.25, -0.2) is 0 Å². The largest absolute Gasteiger partial charge is 0.380 e. The second kappa shape index (κ2) is 8.06. The monoisotopic (exact) mass is 242 g/mol. The van der Waals surface area contributed by atoms with Crippen molar-refractivity contribution in [2.24, 2.45) is 5.92 Å². The minimum atomic E-state index is 0.641. The Bertz CT molecular complexity index is 191. The zero-order valence-electron chi connectivity index (χ0n) is 12.0. The molecule has 0 aromatic carbocycles. The van der Waals surface area contributed by atoms with E-state index in [1.54, 1.807) is 0 Å². The van der Waals surface area contributed by atoms with E-state index in [0.717, 1.165) is 32.2 Å². The molecule has 0 spiro atoms. The van der Waals surface area contributed by atoms with Crippen molar-refractivity contribution in [1.29, 1.82) is 0 Å². The van der Waals surface area contributed by atoms with Crippen molar-refractivity contribution >= 4 is 0 Å². The van der Waals surface area contributed by atoms with E-state index in [4.69, 9.17) is 4.74 Å². The van der Waals surface area contributed by atoms with Crippen LogP contribution in [-0.2, 0) is 4.74 Å². The maximum Gasteiger partial charge on any atom is 0.0622 e. The molecule has 102 valence electrons. The molecular formula is C14H30N2O. The fourth-order valence-corrected chi connectivity index (χ4v) is 2.22. The first-order chi connectivity index (χ1) is 8.09. The standard InChI is InChI=1S/C14H30N2O/c1-12(2)5-6-13(3)15-8-9-16(4)14-7-10-17-11-14/h12-15H,5-11H2,1-4H3. The van der Waals surface area contributed by atoms with Gasteiger partial charge in [0.2, 0.25) is 0 Å². The molecular weight excluding hydrogens is 212 g/mol. The first kappa shape index (κ1) is 14.9. The lowest BCUT2D eigenvalue weighted by molar-refractivity contribution is 0.159. The second-order valence-corrected chi connectivity index (χ2v) is 5.82. The molecule has 1 heterocycles. The van der Waals surface area contributed by atoms with E-state index in [0.29, 0.717) is 12.1 Å². The van der Waals surface area contributed by atoms with Crippen molar-refractivity contribution in [3.63, 3.8) is 0 Å². The minimum absolute atomic E-state index is 0.641.